The first-order valence-corrected chi connectivity index (χ1v) is 7.24. The van der Waals surface area contributed by atoms with Crippen molar-refractivity contribution >= 4 is 0 Å². The van der Waals surface area contributed by atoms with Crippen LogP contribution in [-0.2, 0) is 9.47 Å². The van der Waals surface area contributed by atoms with Crippen LogP contribution in [0.1, 0.15) is 33.1 Å². The van der Waals surface area contributed by atoms with E-state index in [1.165, 1.54) is 32.5 Å². The number of hydrogen-bond acceptors (Lipinski definition) is 4. The topological polar surface area (TPSA) is 33.7 Å². The highest BCUT2D eigenvalue weighted by molar-refractivity contribution is 4.89. The normalized spacial score (nSPS) is 25.5. The van der Waals surface area contributed by atoms with Crippen molar-refractivity contribution < 1.29 is 9.47 Å². The minimum absolute atomic E-state index is 0.313. The first-order valence-electron chi connectivity index (χ1n) is 7.24. The van der Waals surface area contributed by atoms with Crippen LogP contribution in [0.4, 0.5) is 0 Å². The number of ether oxygens (including phenoxy) is 2. The molecule has 0 spiro atoms. The van der Waals surface area contributed by atoms with Gasteiger partial charge in [-0.15, -0.1) is 0 Å². The first-order chi connectivity index (χ1) is 8.70. The van der Waals surface area contributed by atoms with E-state index < -0.39 is 0 Å². The van der Waals surface area contributed by atoms with E-state index in [-0.39, 0.29) is 0 Å². The third kappa shape index (κ3) is 6.14. The number of nitrogens with zero attached hydrogens (tertiary/aromatic N) is 1. The molecule has 1 saturated heterocycles. The van der Waals surface area contributed by atoms with Gasteiger partial charge in [0.15, 0.2) is 0 Å². The molecule has 0 saturated carbocycles. The maximum atomic E-state index is 5.47. The lowest BCUT2D eigenvalue weighted by atomic mass is 9.96. The number of rotatable bonds is 9. The van der Waals surface area contributed by atoms with Crippen LogP contribution in [0.3, 0.4) is 0 Å². The Kier molecular flexibility index (Phi) is 7.82. The van der Waals surface area contributed by atoms with Gasteiger partial charge in [0.05, 0.1) is 13.2 Å². The molecule has 4 nitrogen and oxygen atoms in total. The minimum Gasteiger partial charge on any atom is -0.382 e. The average molecular weight is 258 g/mol. The van der Waals surface area contributed by atoms with E-state index >= 15 is 0 Å². The van der Waals surface area contributed by atoms with Gasteiger partial charge in [0.2, 0.25) is 0 Å². The zero-order valence-electron chi connectivity index (χ0n) is 12.3. The lowest BCUT2D eigenvalue weighted by molar-refractivity contribution is 0.0661. The number of unbranched alkanes of at least 4 members (excludes halogenated alkanes) is 1. The summed E-state index contributed by atoms with van der Waals surface area (Å²) in [6, 6.07) is 0. The molecule has 108 valence electrons. The van der Waals surface area contributed by atoms with Crippen LogP contribution in [-0.4, -0.2) is 63.5 Å². The Morgan fingerprint density at radius 2 is 2.06 bits per heavy atom. The second-order valence-corrected chi connectivity index (χ2v) is 5.43. The Balaban J connectivity index is 2.01. The van der Waals surface area contributed by atoms with Gasteiger partial charge >= 0.3 is 0 Å². The minimum atomic E-state index is 0.313. The van der Waals surface area contributed by atoms with Crippen molar-refractivity contribution in [3.8, 4) is 0 Å². The molecule has 0 bridgehead atoms. The van der Waals surface area contributed by atoms with Crippen LogP contribution in [0.2, 0.25) is 0 Å². The highest BCUT2D eigenvalue weighted by atomic mass is 16.5. The van der Waals surface area contributed by atoms with Crippen molar-refractivity contribution in [2.45, 2.75) is 38.6 Å². The van der Waals surface area contributed by atoms with Gasteiger partial charge in [0.1, 0.15) is 0 Å². The van der Waals surface area contributed by atoms with Crippen molar-refractivity contribution in [3.63, 3.8) is 0 Å². The number of nitrogens with one attached hydrogen (secondary N) is 1. The van der Waals surface area contributed by atoms with Crippen LogP contribution < -0.4 is 5.32 Å². The molecule has 1 aliphatic heterocycles. The summed E-state index contributed by atoms with van der Waals surface area (Å²) in [6.45, 7) is 11.5. The molecule has 0 aromatic rings. The summed E-state index contributed by atoms with van der Waals surface area (Å²) in [5, 5.41) is 3.62. The third-order valence-corrected chi connectivity index (χ3v) is 3.78. The second-order valence-electron chi connectivity index (χ2n) is 5.43. The predicted octanol–water partition coefficient (Wildman–Crippen LogP) is 1.50. The van der Waals surface area contributed by atoms with E-state index in [4.69, 9.17) is 9.47 Å². The van der Waals surface area contributed by atoms with Gasteiger partial charge in [-0.05, 0) is 32.7 Å². The average Bonchev–Trinajstić information content (AvgIpc) is 2.38. The van der Waals surface area contributed by atoms with Gasteiger partial charge < -0.3 is 19.7 Å². The monoisotopic (exact) mass is 258 g/mol. The van der Waals surface area contributed by atoms with Crippen LogP contribution in [0.25, 0.3) is 0 Å². The number of piperazine rings is 1. The number of hydrogen-bond donors (Lipinski definition) is 1. The van der Waals surface area contributed by atoms with Gasteiger partial charge in [0, 0.05) is 38.9 Å². The Bertz CT molecular complexity index is 214. The molecule has 0 aromatic carbocycles. The quantitative estimate of drug-likeness (QED) is 0.636. The molecule has 0 aliphatic carbocycles. The van der Waals surface area contributed by atoms with Crippen molar-refractivity contribution in [1.29, 1.82) is 0 Å². The highest BCUT2D eigenvalue weighted by Crippen LogP contribution is 2.15. The van der Waals surface area contributed by atoms with Crippen molar-refractivity contribution in [2.75, 3.05) is 53.1 Å². The Morgan fingerprint density at radius 1 is 1.22 bits per heavy atom. The van der Waals surface area contributed by atoms with Crippen LogP contribution in [0.15, 0.2) is 0 Å². The molecule has 1 fully saturated rings. The predicted molar refractivity (Wildman–Crippen MR) is 75.1 cm³/mol. The van der Waals surface area contributed by atoms with Crippen molar-refractivity contribution in [1.82, 2.24) is 10.2 Å². The smallest absolute Gasteiger partial charge is 0.0700 e. The molecular weight excluding hydrogens is 228 g/mol. The summed E-state index contributed by atoms with van der Waals surface area (Å²) < 4.78 is 10.4. The number of methoxy groups -OCH3 is 1. The summed E-state index contributed by atoms with van der Waals surface area (Å²) in [7, 11) is 1.71. The fourth-order valence-corrected chi connectivity index (χ4v) is 2.36. The Labute approximate surface area is 112 Å². The maximum Gasteiger partial charge on any atom is 0.0700 e. The summed E-state index contributed by atoms with van der Waals surface area (Å²) in [5.41, 5.74) is 0.313. The summed E-state index contributed by atoms with van der Waals surface area (Å²) >= 11 is 0. The standard InChI is InChI=1S/C14H30N2O2/c1-4-14(2)13-16(9-7-15-14)8-5-6-10-18-12-11-17-3/h15H,4-13H2,1-3H3. The van der Waals surface area contributed by atoms with Gasteiger partial charge in [-0.1, -0.05) is 6.92 Å². The van der Waals surface area contributed by atoms with E-state index in [2.05, 4.69) is 24.1 Å². The molecule has 1 atom stereocenters. The fourth-order valence-electron chi connectivity index (χ4n) is 2.36. The Hall–Kier alpha value is -0.160. The lowest BCUT2D eigenvalue weighted by Crippen LogP contribution is -2.58. The zero-order valence-corrected chi connectivity index (χ0v) is 12.3. The van der Waals surface area contributed by atoms with Gasteiger partial charge in [-0.25, -0.2) is 0 Å². The summed E-state index contributed by atoms with van der Waals surface area (Å²) in [5.74, 6) is 0. The SMILES string of the molecule is CCC1(C)CN(CCCCOCCOC)CCN1. The molecule has 0 aromatic heterocycles. The molecule has 1 rings (SSSR count). The lowest BCUT2D eigenvalue weighted by Gasteiger charge is -2.41. The highest BCUT2D eigenvalue weighted by Gasteiger charge is 2.27. The molecule has 1 heterocycles. The second kappa shape index (κ2) is 8.86. The van der Waals surface area contributed by atoms with E-state index in [1.54, 1.807) is 7.11 Å². The molecule has 1 aliphatic rings. The van der Waals surface area contributed by atoms with Crippen LogP contribution >= 0.6 is 0 Å². The third-order valence-electron chi connectivity index (χ3n) is 3.78. The fraction of sp³-hybridized carbons (Fsp3) is 1.00. The largest absolute Gasteiger partial charge is 0.382 e. The Morgan fingerprint density at radius 3 is 2.78 bits per heavy atom. The van der Waals surface area contributed by atoms with Crippen molar-refractivity contribution in [2.24, 2.45) is 0 Å². The maximum absolute atomic E-state index is 5.47. The first kappa shape index (κ1) is 15.9. The molecule has 18 heavy (non-hydrogen) atoms. The summed E-state index contributed by atoms with van der Waals surface area (Å²) in [6.07, 6.45) is 3.58. The van der Waals surface area contributed by atoms with Gasteiger partial charge in [-0.3, -0.25) is 0 Å². The van der Waals surface area contributed by atoms with E-state index in [0.717, 1.165) is 26.2 Å². The van der Waals surface area contributed by atoms with Gasteiger partial charge in [-0.2, -0.15) is 0 Å². The molecule has 4 heteroatoms. The van der Waals surface area contributed by atoms with Crippen LogP contribution in [0.5, 0.6) is 0 Å². The van der Waals surface area contributed by atoms with Crippen LogP contribution in [0, 0.1) is 0 Å². The molecule has 1 N–H and O–H groups in total. The molecule has 0 radical (unpaired) electrons. The van der Waals surface area contributed by atoms with Crippen molar-refractivity contribution in [3.05, 3.63) is 0 Å². The molecular formula is C14H30N2O2. The zero-order chi connectivity index (χ0) is 13.3. The molecule has 1 unspecified atom stereocenters. The summed E-state index contributed by atoms with van der Waals surface area (Å²) in [4.78, 5) is 2.58. The van der Waals surface area contributed by atoms with E-state index in [9.17, 15) is 0 Å². The van der Waals surface area contributed by atoms with E-state index in [1.807, 2.05) is 0 Å². The van der Waals surface area contributed by atoms with E-state index in [0.29, 0.717) is 12.1 Å². The molecule has 0 amide bonds. The van der Waals surface area contributed by atoms with Gasteiger partial charge in [0.25, 0.3) is 0 Å².